The molecule has 0 aromatic carbocycles. The number of nitrogens with zero attached hydrogens (tertiary/aromatic N) is 3. The molecule has 7 heteroatoms. The van der Waals surface area contributed by atoms with E-state index in [-0.39, 0.29) is 29.6 Å². The Morgan fingerprint density at radius 1 is 1.29 bits per heavy atom. The Labute approximate surface area is 122 Å². The van der Waals surface area contributed by atoms with Crippen LogP contribution in [0.5, 0.6) is 0 Å². The maximum absolute atomic E-state index is 12.1. The van der Waals surface area contributed by atoms with Gasteiger partial charge in [-0.1, -0.05) is 0 Å². The van der Waals surface area contributed by atoms with E-state index in [1.807, 2.05) is 0 Å². The highest BCUT2D eigenvalue weighted by atomic mass is 16.4. The second-order valence-electron chi connectivity index (χ2n) is 4.99. The predicted molar refractivity (Wildman–Crippen MR) is 74.0 cm³/mol. The van der Waals surface area contributed by atoms with Gasteiger partial charge in [-0.2, -0.15) is 0 Å². The predicted octanol–water partition coefficient (Wildman–Crippen LogP) is 0.474. The molecule has 0 aliphatic carbocycles. The number of carbonyl (C=O) groups excluding carboxylic acids is 2. The van der Waals surface area contributed by atoms with Crippen molar-refractivity contribution < 1.29 is 19.5 Å². The summed E-state index contributed by atoms with van der Waals surface area (Å²) in [4.78, 5) is 41.6. The fourth-order valence-corrected chi connectivity index (χ4v) is 2.21. The summed E-state index contributed by atoms with van der Waals surface area (Å²) in [6.07, 6.45) is 3.22. The zero-order valence-corrected chi connectivity index (χ0v) is 11.8. The molecular weight excluding hydrogens is 274 g/mol. The molecule has 1 fully saturated rings. The lowest BCUT2D eigenvalue weighted by molar-refractivity contribution is -0.130. The molecule has 0 unspecified atom stereocenters. The van der Waals surface area contributed by atoms with Gasteiger partial charge >= 0.3 is 5.97 Å². The average Bonchev–Trinajstić information content (AvgIpc) is 3.00. The van der Waals surface area contributed by atoms with Gasteiger partial charge in [-0.15, -0.1) is 0 Å². The van der Waals surface area contributed by atoms with Gasteiger partial charge in [-0.05, 0) is 25.0 Å². The summed E-state index contributed by atoms with van der Waals surface area (Å²) in [7, 11) is 1.54. The van der Waals surface area contributed by atoms with E-state index in [9.17, 15) is 14.4 Å². The van der Waals surface area contributed by atoms with Crippen molar-refractivity contribution in [3.63, 3.8) is 0 Å². The third-order valence-electron chi connectivity index (χ3n) is 3.41. The molecule has 0 bridgehead atoms. The molecule has 2 rings (SSSR count). The number of carboxylic acid groups (broad SMARTS) is 1. The lowest BCUT2D eigenvalue weighted by Gasteiger charge is -2.21. The van der Waals surface area contributed by atoms with Crippen LogP contribution in [0.1, 0.15) is 33.7 Å². The van der Waals surface area contributed by atoms with Crippen molar-refractivity contribution in [3.05, 3.63) is 29.6 Å². The lowest BCUT2D eigenvalue weighted by Crippen LogP contribution is -2.39. The number of likely N-dealkylation sites (tertiary alicyclic amines) is 1. The van der Waals surface area contributed by atoms with Crippen molar-refractivity contribution in [1.82, 2.24) is 14.8 Å². The monoisotopic (exact) mass is 291 g/mol. The van der Waals surface area contributed by atoms with Crippen LogP contribution in [0.2, 0.25) is 0 Å². The van der Waals surface area contributed by atoms with Gasteiger partial charge in [0, 0.05) is 26.3 Å². The number of amides is 2. The highest BCUT2D eigenvalue weighted by Crippen LogP contribution is 2.09. The maximum Gasteiger partial charge on any atom is 0.354 e. The van der Waals surface area contributed by atoms with Gasteiger partial charge in [0.15, 0.2) is 0 Å². The van der Waals surface area contributed by atoms with Crippen molar-refractivity contribution in [2.75, 3.05) is 26.7 Å². The fraction of sp³-hybridized carbons (Fsp3) is 0.429. The molecule has 7 nitrogen and oxygen atoms in total. The number of likely N-dealkylation sites (N-methyl/N-ethyl adjacent to an activating group) is 1. The van der Waals surface area contributed by atoms with Crippen LogP contribution in [0, 0.1) is 0 Å². The SMILES string of the molecule is CN(CC(=O)N1CCCC1)C(=O)c1ccc(C(=O)O)nc1. The molecule has 1 aliphatic rings. The van der Waals surface area contributed by atoms with E-state index in [4.69, 9.17) is 5.11 Å². The van der Waals surface area contributed by atoms with Crippen LogP contribution in [0.3, 0.4) is 0 Å². The number of carbonyl (C=O) groups is 3. The molecule has 1 aromatic rings. The molecule has 0 atom stereocenters. The zero-order chi connectivity index (χ0) is 15.4. The second kappa shape index (κ2) is 6.34. The van der Waals surface area contributed by atoms with E-state index in [0.29, 0.717) is 0 Å². The highest BCUT2D eigenvalue weighted by molar-refractivity contribution is 5.96. The first-order valence-electron chi connectivity index (χ1n) is 6.71. The zero-order valence-electron chi connectivity index (χ0n) is 11.8. The highest BCUT2D eigenvalue weighted by Gasteiger charge is 2.22. The van der Waals surface area contributed by atoms with Crippen LogP contribution < -0.4 is 0 Å². The van der Waals surface area contributed by atoms with Gasteiger partial charge in [-0.3, -0.25) is 9.59 Å². The molecule has 0 radical (unpaired) electrons. The fourth-order valence-electron chi connectivity index (χ4n) is 2.21. The molecule has 112 valence electrons. The number of rotatable bonds is 4. The largest absolute Gasteiger partial charge is 0.477 e. The van der Waals surface area contributed by atoms with Crippen LogP contribution in [0.15, 0.2) is 18.3 Å². The normalized spacial score (nSPS) is 14.0. The number of carboxylic acids is 1. The summed E-state index contributed by atoms with van der Waals surface area (Å²) in [5.41, 5.74) is 0.138. The van der Waals surface area contributed by atoms with Crippen molar-refractivity contribution in [2.24, 2.45) is 0 Å². The second-order valence-corrected chi connectivity index (χ2v) is 4.99. The number of hydrogen-bond donors (Lipinski definition) is 1. The molecule has 21 heavy (non-hydrogen) atoms. The number of hydrogen-bond acceptors (Lipinski definition) is 4. The Balaban J connectivity index is 1.98. The van der Waals surface area contributed by atoms with E-state index in [2.05, 4.69) is 4.98 Å². The quantitative estimate of drug-likeness (QED) is 0.871. The van der Waals surface area contributed by atoms with Crippen LogP contribution in [0.25, 0.3) is 0 Å². The van der Waals surface area contributed by atoms with Crippen molar-refractivity contribution >= 4 is 17.8 Å². The average molecular weight is 291 g/mol. The molecule has 2 amide bonds. The van der Waals surface area contributed by atoms with Crippen LogP contribution >= 0.6 is 0 Å². The number of pyridine rings is 1. The minimum atomic E-state index is -1.15. The number of aromatic nitrogens is 1. The van der Waals surface area contributed by atoms with E-state index < -0.39 is 5.97 Å². The molecule has 1 aliphatic heterocycles. The summed E-state index contributed by atoms with van der Waals surface area (Å²) >= 11 is 0. The first-order valence-corrected chi connectivity index (χ1v) is 6.71. The first kappa shape index (κ1) is 15.0. The van der Waals surface area contributed by atoms with Crippen molar-refractivity contribution in [3.8, 4) is 0 Å². The Morgan fingerprint density at radius 3 is 2.48 bits per heavy atom. The molecule has 0 spiro atoms. The molecule has 2 heterocycles. The summed E-state index contributed by atoms with van der Waals surface area (Å²) in [6.45, 7) is 1.50. The van der Waals surface area contributed by atoms with E-state index in [1.54, 1.807) is 11.9 Å². The molecule has 1 saturated heterocycles. The Hall–Kier alpha value is -2.44. The Kier molecular flexibility index (Phi) is 4.52. The molecule has 0 saturated carbocycles. The van der Waals surface area contributed by atoms with Crippen molar-refractivity contribution in [1.29, 1.82) is 0 Å². The molecular formula is C14H17N3O4. The minimum absolute atomic E-state index is 0.0134. The van der Waals surface area contributed by atoms with E-state index in [1.165, 1.54) is 23.2 Å². The summed E-state index contributed by atoms with van der Waals surface area (Å²) in [6, 6.07) is 2.67. The Morgan fingerprint density at radius 2 is 1.95 bits per heavy atom. The molecule has 1 N–H and O–H groups in total. The first-order chi connectivity index (χ1) is 9.99. The third-order valence-corrected chi connectivity index (χ3v) is 3.41. The van der Waals surface area contributed by atoms with E-state index >= 15 is 0 Å². The maximum atomic E-state index is 12.1. The van der Waals surface area contributed by atoms with Crippen LogP contribution in [0.4, 0.5) is 0 Å². The van der Waals surface area contributed by atoms with Gasteiger partial charge in [0.2, 0.25) is 5.91 Å². The summed E-state index contributed by atoms with van der Waals surface area (Å²) in [5, 5.41) is 8.76. The van der Waals surface area contributed by atoms with Gasteiger partial charge < -0.3 is 14.9 Å². The van der Waals surface area contributed by atoms with Gasteiger partial charge in [0.05, 0.1) is 12.1 Å². The number of aromatic carboxylic acids is 1. The minimum Gasteiger partial charge on any atom is -0.477 e. The summed E-state index contributed by atoms with van der Waals surface area (Å²) < 4.78 is 0. The van der Waals surface area contributed by atoms with Crippen LogP contribution in [-0.2, 0) is 4.79 Å². The Bertz CT molecular complexity index is 550. The van der Waals surface area contributed by atoms with Gasteiger partial charge in [0.25, 0.3) is 5.91 Å². The smallest absolute Gasteiger partial charge is 0.354 e. The lowest BCUT2D eigenvalue weighted by atomic mass is 10.2. The van der Waals surface area contributed by atoms with Crippen molar-refractivity contribution in [2.45, 2.75) is 12.8 Å². The third kappa shape index (κ3) is 3.56. The van der Waals surface area contributed by atoms with E-state index in [0.717, 1.165) is 25.9 Å². The van der Waals surface area contributed by atoms with Gasteiger partial charge in [0.1, 0.15) is 5.69 Å². The van der Waals surface area contributed by atoms with Crippen LogP contribution in [-0.4, -0.2) is 64.4 Å². The standard InChI is InChI=1S/C14H17N3O4/c1-16(9-12(18)17-6-2-3-7-17)13(19)10-4-5-11(14(20)21)15-8-10/h4-5,8H,2-3,6-7,9H2,1H3,(H,20,21). The molecule has 1 aromatic heterocycles. The summed E-state index contributed by atoms with van der Waals surface area (Å²) in [5.74, 6) is -1.57. The van der Waals surface area contributed by atoms with Gasteiger partial charge in [-0.25, -0.2) is 9.78 Å². The topological polar surface area (TPSA) is 90.8 Å².